The maximum Gasteiger partial charge on any atom is 0.123 e. The second-order valence-electron chi connectivity index (χ2n) is 7.14. The topological polar surface area (TPSA) is 30.3 Å². The summed E-state index contributed by atoms with van der Waals surface area (Å²) in [6.07, 6.45) is 6.32. The molecule has 2 aliphatic rings. The maximum atomic E-state index is 13.1. The highest BCUT2D eigenvalue weighted by Gasteiger charge is 2.43. The summed E-state index contributed by atoms with van der Waals surface area (Å²) in [5.41, 5.74) is 1.18. The Kier molecular flexibility index (Phi) is 4.37. The van der Waals surface area contributed by atoms with Gasteiger partial charge in [0.1, 0.15) is 5.82 Å². The molecule has 0 spiro atoms. The molecular formula is C19H24FN3O. The Hall–Kier alpha value is -1.72. The molecule has 1 aromatic carbocycles. The lowest BCUT2D eigenvalue weighted by Gasteiger charge is -2.37. The first-order valence-electron chi connectivity index (χ1n) is 8.71. The first-order chi connectivity index (χ1) is 11.7. The quantitative estimate of drug-likeness (QED) is 0.863. The molecule has 24 heavy (non-hydrogen) atoms. The highest BCUT2D eigenvalue weighted by molar-refractivity contribution is 5.16. The van der Waals surface area contributed by atoms with Gasteiger partial charge in [0.25, 0.3) is 0 Å². The number of ether oxygens (including phenoxy) is 1. The summed E-state index contributed by atoms with van der Waals surface area (Å²) in [4.78, 5) is 2.50. The van der Waals surface area contributed by atoms with Crippen molar-refractivity contribution in [3.63, 3.8) is 0 Å². The summed E-state index contributed by atoms with van der Waals surface area (Å²) in [6, 6.07) is 9.19. The van der Waals surface area contributed by atoms with Crippen molar-refractivity contribution < 1.29 is 9.13 Å². The van der Waals surface area contributed by atoms with Gasteiger partial charge in [0.05, 0.1) is 12.1 Å². The minimum Gasteiger partial charge on any atom is -0.379 e. The number of rotatable bonds is 4. The molecule has 1 saturated heterocycles. The number of benzene rings is 1. The first kappa shape index (κ1) is 15.8. The summed E-state index contributed by atoms with van der Waals surface area (Å²) < 4.78 is 20.9. The predicted molar refractivity (Wildman–Crippen MR) is 90.0 cm³/mol. The van der Waals surface area contributed by atoms with E-state index in [1.54, 1.807) is 12.1 Å². The predicted octanol–water partition coefficient (Wildman–Crippen LogP) is 3.12. The second kappa shape index (κ2) is 6.65. The average molecular weight is 329 g/mol. The maximum absolute atomic E-state index is 13.1. The number of methoxy groups -OCH3 is 1. The monoisotopic (exact) mass is 329 g/mol. The van der Waals surface area contributed by atoms with E-state index in [1.807, 2.05) is 37.7 Å². The fourth-order valence-corrected chi connectivity index (χ4v) is 4.47. The molecule has 0 bridgehead atoms. The number of fused-ring (bicyclic) bond motifs is 1. The van der Waals surface area contributed by atoms with E-state index in [1.165, 1.54) is 5.56 Å². The lowest BCUT2D eigenvalue weighted by atomic mass is 9.77. The average Bonchev–Trinajstić information content (AvgIpc) is 3.24. The number of hydrogen-bond acceptors (Lipinski definition) is 3. The van der Waals surface area contributed by atoms with Gasteiger partial charge in [-0.15, -0.1) is 0 Å². The van der Waals surface area contributed by atoms with Crippen molar-refractivity contribution in [3.8, 4) is 0 Å². The highest BCUT2D eigenvalue weighted by atomic mass is 19.1. The molecular weight excluding hydrogens is 305 g/mol. The van der Waals surface area contributed by atoms with E-state index >= 15 is 0 Å². The molecule has 0 unspecified atom stereocenters. The fourth-order valence-electron chi connectivity index (χ4n) is 4.47. The van der Waals surface area contributed by atoms with E-state index in [2.05, 4.69) is 14.7 Å². The molecule has 0 radical (unpaired) electrons. The summed E-state index contributed by atoms with van der Waals surface area (Å²) in [6.45, 7) is 3.11. The van der Waals surface area contributed by atoms with E-state index in [4.69, 9.17) is 4.74 Å². The third-order valence-corrected chi connectivity index (χ3v) is 5.65. The molecule has 4 rings (SSSR count). The molecule has 5 heteroatoms. The van der Waals surface area contributed by atoms with E-state index in [9.17, 15) is 4.39 Å². The largest absolute Gasteiger partial charge is 0.379 e. The van der Waals surface area contributed by atoms with Gasteiger partial charge >= 0.3 is 0 Å². The number of aromatic nitrogens is 2. The van der Waals surface area contributed by atoms with Crippen LogP contribution in [-0.2, 0) is 11.3 Å². The molecule has 2 aromatic rings. The van der Waals surface area contributed by atoms with Crippen LogP contribution in [0.15, 0.2) is 42.7 Å². The Morgan fingerprint density at radius 2 is 1.92 bits per heavy atom. The van der Waals surface area contributed by atoms with Gasteiger partial charge in [-0.1, -0.05) is 12.1 Å². The molecule has 0 amide bonds. The van der Waals surface area contributed by atoms with Crippen molar-refractivity contribution >= 4 is 0 Å². The molecule has 2 heterocycles. The standard InChI is InChI=1S/C19H24FN3O/c1-24-19-10-16-13-22(11-14-3-5-17(20)6-4-14)12-15(16)9-18(19)23-8-2-7-21-23/h2-8,15-16,18-19H,9-13H2,1H3/t15-,16+,18-,19-/m0/s1. The van der Waals surface area contributed by atoms with Crippen LogP contribution in [0.2, 0.25) is 0 Å². The van der Waals surface area contributed by atoms with E-state index in [0.29, 0.717) is 17.9 Å². The summed E-state index contributed by atoms with van der Waals surface area (Å²) in [5.74, 6) is 1.20. The Morgan fingerprint density at radius 3 is 2.58 bits per heavy atom. The van der Waals surface area contributed by atoms with Crippen molar-refractivity contribution in [2.75, 3.05) is 20.2 Å². The van der Waals surface area contributed by atoms with Gasteiger partial charge in [0.2, 0.25) is 0 Å². The first-order valence-corrected chi connectivity index (χ1v) is 8.71. The Balaban J connectivity index is 1.44. The van der Waals surface area contributed by atoms with E-state index in [-0.39, 0.29) is 11.9 Å². The minimum atomic E-state index is -0.168. The molecule has 4 atom stereocenters. The van der Waals surface area contributed by atoms with Gasteiger partial charge in [-0.25, -0.2) is 4.39 Å². The molecule has 128 valence electrons. The number of nitrogens with zero attached hydrogens (tertiary/aromatic N) is 3. The molecule has 0 N–H and O–H groups in total. The zero-order valence-corrected chi connectivity index (χ0v) is 14.0. The summed E-state index contributed by atoms with van der Waals surface area (Å²) >= 11 is 0. The van der Waals surface area contributed by atoms with Crippen LogP contribution < -0.4 is 0 Å². The zero-order chi connectivity index (χ0) is 16.5. The normalized spacial score (nSPS) is 30.4. The van der Waals surface area contributed by atoms with Crippen molar-refractivity contribution in [2.45, 2.75) is 31.5 Å². The molecule has 2 fully saturated rings. The zero-order valence-electron chi connectivity index (χ0n) is 14.0. The minimum absolute atomic E-state index is 0.168. The molecule has 4 nitrogen and oxygen atoms in total. The lowest BCUT2D eigenvalue weighted by Crippen LogP contribution is -2.37. The van der Waals surface area contributed by atoms with Gasteiger partial charge in [0.15, 0.2) is 0 Å². The third-order valence-electron chi connectivity index (χ3n) is 5.65. The van der Waals surface area contributed by atoms with Gasteiger partial charge < -0.3 is 4.74 Å². The van der Waals surface area contributed by atoms with Gasteiger partial charge in [-0.2, -0.15) is 5.10 Å². The van der Waals surface area contributed by atoms with E-state index < -0.39 is 0 Å². The molecule has 1 aliphatic carbocycles. The Morgan fingerprint density at radius 1 is 1.17 bits per heavy atom. The second-order valence-corrected chi connectivity index (χ2v) is 7.14. The number of halogens is 1. The SMILES string of the molecule is CO[C@H]1C[C@@H]2CN(Cc3ccc(F)cc3)C[C@@H]2C[C@@H]1n1cccn1. The third kappa shape index (κ3) is 3.10. The van der Waals surface area contributed by atoms with Crippen molar-refractivity contribution in [1.29, 1.82) is 0 Å². The van der Waals surface area contributed by atoms with Gasteiger partial charge in [-0.05, 0) is 48.4 Å². The van der Waals surface area contributed by atoms with Crippen LogP contribution in [0.25, 0.3) is 0 Å². The Labute approximate surface area is 142 Å². The molecule has 1 saturated carbocycles. The lowest BCUT2D eigenvalue weighted by molar-refractivity contribution is -0.00486. The summed E-state index contributed by atoms with van der Waals surface area (Å²) in [5, 5.41) is 4.43. The Bertz CT molecular complexity index is 658. The van der Waals surface area contributed by atoms with Crippen LogP contribution in [0.1, 0.15) is 24.4 Å². The van der Waals surface area contributed by atoms with Gasteiger partial charge in [-0.3, -0.25) is 9.58 Å². The van der Waals surface area contributed by atoms with Crippen LogP contribution in [0, 0.1) is 17.7 Å². The summed E-state index contributed by atoms with van der Waals surface area (Å²) in [7, 11) is 1.81. The smallest absolute Gasteiger partial charge is 0.123 e. The van der Waals surface area contributed by atoms with Crippen LogP contribution >= 0.6 is 0 Å². The van der Waals surface area contributed by atoms with E-state index in [0.717, 1.165) is 32.5 Å². The van der Waals surface area contributed by atoms with Gasteiger partial charge in [0, 0.05) is 39.1 Å². The van der Waals surface area contributed by atoms with Crippen LogP contribution in [-0.4, -0.2) is 41.0 Å². The van der Waals surface area contributed by atoms with Crippen molar-refractivity contribution in [1.82, 2.24) is 14.7 Å². The number of hydrogen-bond donors (Lipinski definition) is 0. The molecule has 1 aromatic heterocycles. The van der Waals surface area contributed by atoms with Crippen LogP contribution in [0.3, 0.4) is 0 Å². The van der Waals surface area contributed by atoms with Crippen molar-refractivity contribution in [2.24, 2.45) is 11.8 Å². The van der Waals surface area contributed by atoms with Crippen LogP contribution in [0.5, 0.6) is 0 Å². The fraction of sp³-hybridized carbons (Fsp3) is 0.526. The number of likely N-dealkylation sites (tertiary alicyclic amines) is 1. The molecule has 1 aliphatic heterocycles. The highest BCUT2D eigenvalue weighted by Crippen LogP contribution is 2.42. The van der Waals surface area contributed by atoms with Crippen molar-refractivity contribution in [3.05, 3.63) is 54.1 Å². The van der Waals surface area contributed by atoms with Crippen LogP contribution in [0.4, 0.5) is 4.39 Å².